The van der Waals surface area contributed by atoms with Crippen LogP contribution in [0.25, 0.3) is 0 Å². The van der Waals surface area contributed by atoms with Gasteiger partial charge in [-0.15, -0.1) is 0 Å². The van der Waals surface area contributed by atoms with Crippen molar-refractivity contribution in [1.29, 1.82) is 0 Å². The molecular formula is C18H24N4O2. The molecule has 0 unspecified atom stereocenters. The van der Waals surface area contributed by atoms with Gasteiger partial charge in [0.05, 0.1) is 12.4 Å². The lowest BCUT2D eigenvalue weighted by molar-refractivity contribution is 0.0995. The molecule has 0 saturated heterocycles. The molecule has 1 heterocycles. The van der Waals surface area contributed by atoms with Crippen LogP contribution in [0.5, 0.6) is 11.6 Å². The Morgan fingerprint density at radius 3 is 2.67 bits per heavy atom. The number of benzene rings is 1. The van der Waals surface area contributed by atoms with Crippen LogP contribution in [0.2, 0.25) is 0 Å². The van der Waals surface area contributed by atoms with Gasteiger partial charge in [-0.05, 0) is 43.0 Å². The van der Waals surface area contributed by atoms with Gasteiger partial charge in [0.15, 0.2) is 0 Å². The van der Waals surface area contributed by atoms with E-state index >= 15 is 0 Å². The molecule has 1 aromatic heterocycles. The minimum absolute atomic E-state index is 0.113. The average molecular weight is 328 g/mol. The van der Waals surface area contributed by atoms with E-state index in [1.165, 1.54) is 24.4 Å². The highest BCUT2D eigenvalue weighted by Crippen LogP contribution is 2.24. The van der Waals surface area contributed by atoms with E-state index in [-0.39, 0.29) is 5.69 Å². The molecule has 2 rings (SSSR count). The number of aromatic nitrogens is 2. The summed E-state index contributed by atoms with van der Waals surface area (Å²) in [7, 11) is 0. The van der Waals surface area contributed by atoms with Crippen LogP contribution >= 0.6 is 0 Å². The second-order valence-electron chi connectivity index (χ2n) is 6.17. The molecule has 1 aromatic carbocycles. The van der Waals surface area contributed by atoms with Crippen molar-refractivity contribution in [1.82, 2.24) is 15.3 Å². The van der Waals surface area contributed by atoms with E-state index in [0.29, 0.717) is 17.5 Å². The number of carbonyl (C=O) groups is 1. The molecule has 6 heteroatoms. The SMILES string of the molecule is Cc1cc(CNCCC(C)C)ccc1Oc1cnc(C(N)=O)cn1. The minimum atomic E-state index is -0.612. The van der Waals surface area contributed by atoms with Crippen molar-refractivity contribution in [3.05, 3.63) is 47.4 Å². The van der Waals surface area contributed by atoms with Crippen LogP contribution in [-0.2, 0) is 6.54 Å². The van der Waals surface area contributed by atoms with E-state index in [2.05, 4.69) is 35.2 Å². The standard InChI is InChI=1S/C18H24N4O2/c1-12(2)6-7-20-9-14-4-5-16(13(3)8-14)24-17-11-21-15(10-22-17)18(19)23/h4-5,8,10-12,20H,6-7,9H2,1-3H3,(H2,19,23). The molecule has 0 aliphatic heterocycles. The lowest BCUT2D eigenvalue weighted by Gasteiger charge is -2.11. The van der Waals surface area contributed by atoms with Gasteiger partial charge in [0, 0.05) is 6.54 Å². The van der Waals surface area contributed by atoms with Gasteiger partial charge in [-0.2, -0.15) is 0 Å². The molecule has 128 valence electrons. The second-order valence-corrected chi connectivity index (χ2v) is 6.17. The Kier molecular flexibility index (Phi) is 6.26. The Bertz CT molecular complexity index is 684. The second kappa shape index (κ2) is 8.40. The van der Waals surface area contributed by atoms with E-state index in [9.17, 15) is 4.79 Å². The van der Waals surface area contributed by atoms with Crippen molar-refractivity contribution in [3.63, 3.8) is 0 Å². The lowest BCUT2D eigenvalue weighted by Crippen LogP contribution is -2.16. The number of aryl methyl sites for hydroxylation is 1. The van der Waals surface area contributed by atoms with Crippen LogP contribution in [0.15, 0.2) is 30.6 Å². The number of amides is 1. The molecular weight excluding hydrogens is 304 g/mol. The van der Waals surface area contributed by atoms with Crippen molar-refractivity contribution >= 4 is 5.91 Å². The molecule has 1 amide bonds. The Morgan fingerprint density at radius 1 is 1.29 bits per heavy atom. The molecule has 0 aliphatic carbocycles. The lowest BCUT2D eigenvalue weighted by atomic mass is 10.1. The van der Waals surface area contributed by atoms with Gasteiger partial charge >= 0.3 is 0 Å². The van der Waals surface area contributed by atoms with Gasteiger partial charge in [-0.1, -0.05) is 26.0 Å². The van der Waals surface area contributed by atoms with E-state index in [4.69, 9.17) is 10.5 Å². The van der Waals surface area contributed by atoms with Gasteiger partial charge in [-0.25, -0.2) is 9.97 Å². The predicted octanol–water partition coefficient (Wildman–Crippen LogP) is 2.81. The molecule has 0 radical (unpaired) electrons. The first-order valence-electron chi connectivity index (χ1n) is 8.05. The Balaban J connectivity index is 1.95. The summed E-state index contributed by atoms with van der Waals surface area (Å²) >= 11 is 0. The normalized spacial score (nSPS) is 10.8. The number of ether oxygens (including phenoxy) is 1. The first-order valence-corrected chi connectivity index (χ1v) is 8.05. The van der Waals surface area contributed by atoms with E-state index in [1.807, 2.05) is 19.1 Å². The first-order chi connectivity index (χ1) is 11.5. The number of nitrogens with one attached hydrogen (secondary N) is 1. The fraction of sp³-hybridized carbons (Fsp3) is 0.389. The van der Waals surface area contributed by atoms with Crippen LogP contribution < -0.4 is 15.8 Å². The summed E-state index contributed by atoms with van der Waals surface area (Å²) < 4.78 is 5.71. The number of hydrogen-bond donors (Lipinski definition) is 2. The number of rotatable bonds is 8. The number of carbonyl (C=O) groups excluding carboxylic acids is 1. The van der Waals surface area contributed by atoms with Crippen molar-refractivity contribution in [3.8, 4) is 11.6 Å². The van der Waals surface area contributed by atoms with E-state index in [0.717, 1.165) is 18.7 Å². The molecule has 24 heavy (non-hydrogen) atoms. The number of nitrogens with two attached hydrogens (primary N) is 1. The highest BCUT2D eigenvalue weighted by molar-refractivity contribution is 5.90. The van der Waals surface area contributed by atoms with E-state index < -0.39 is 5.91 Å². The zero-order chi connectivity index (χ0) is 17.5. The van der Waals surface area contributed by atoms with Gasteiger partial charge in [0.1, 0.15) is 11.4 Å². The van der Waals surface area contributed by atoms with Crippen LogP contribution in [0, 0.1) is 12.8 Å². The number of nitrogens with zero attached hydrogens (tertiary/aromatic N) is 2. The molecule has 3 N–H and O–H groups in total. The topological polar surface area (TPSA) is 90.1 Å². The largest absolute Gasteiger partial charge is 0.437 e. The van der Waals surface area contributed by atoms with Gasteiger partial charge in [-0.3, -0.25) is 4.79 Å². The quantitative estimate of drug-likeness (QED) is 0.727. The average Bonchev–Trinajstić information content (AvgIpc) is 2.54. The highest BCUT2D eigenvalue weighted by Gasteiger charge is 2.07. The molecule has 0 spiro atoms. The third-order valence-electron chi connectivity index (χ3n) is 3.56. The van der Waals surface area contributed by atoms with Crippen molar-refractivity contribution in [2.24, 2.45) is 11.7 Å². The molecule has 6 nitrogen and oxygen atoms in total. The summed E-state index contributed by atoms with van der Waals surface area (Å²) in [6.07, 6.45) is 3.86. The summed E-state index contributed by atoms with van der Waals surface area (Å²) in [5, 5.41) is 3.44. The summed E-state index contributed by atoms with van der Waals surface area (Å²) in [6, 6.07) is 6.03. The molecule has 0 fully saturated rings. The van der Waals surface area contributed by atoms with E-state index in [1.54, 1.807) is 0 Å². The zero-order valence-electron chi connectivity index (χ0n) is 14.4. The van der Waals surface area contributed by atoms with Gasteiger partial charge in [0.25, 0.3) is 5.91 Å². The summed E-state index contributed by atoms with van der Waals surface area (Å²) in [5.41, 5.74) is 7.47. The van der Waals surface area contributed by atoms with Crippen LogP contribution in [0.4, 0.5) is 0 Å². The zero-order valence-corrected chi connectivity index (χ0v) is 14.4. The predicted molar refractivity (Wildman–Crippen MR) is 93.0 cm³/mol. The number of hydrogen-bond acceptors (Lipinski definition) is 5. The van der Waals surface area contributed by atoms with Gasteiger partial charge in [0.2, 0.25) is 5.88 Å². The van der Waals surface area contributed by atoms with Gasteiger partial charge < -0.3 is 15.8 Å². The fourth-order valence-electron chi connectivity index (χ4n) is 2.17. The third kappa shape index (κ3) is 5.31. The molecule has 0 atom stereocenters. The third-order valence-corrected chi connectivity index (χ3v) is 3.56. The molecule has 0 saturated carbocycles. The smallest absolute Gasteiger partial charge is 0.268 e. The highest BCUT2D eigenvalue weighted by atomic mass is 16.5. The summed E-state index contributed by atoms with van der Waals surface area (Å²) in [6.45, 7) is 8.27. The summed E-state index contributed by atoms with van der Waals surface area (Å²) in [4.78, 5) is 18.9. The minimum Gasteiger partial charge on any atom is -0.437 e. The molecule has 2 aromatic rings. The van der Waals surface area contributed by atoms with Crippen molar-refractivity contribution < 1.29 is 9.53 Å². The van der Waals surface area contributed by atoms with Crippen LogP contribution in [0.1, 0.15) is 41.9 Å². The van der Waals surface area contributed by atoms with Crippen molar-refractivity contribution in [2.45, 2.75) is 33.7 Å². The Morgan fingerprint density at radius 2 is 2.08 bits per heavy atom. The molecule has 0 bridgehead atoms. The maximum Gasteiger partial charge on any atom is 0.268 e. The maximum atomic E-state index is 11.0. The summed E-state index contributed by atoms with van der Waals surface area (Å²) in [5.74, 6) is 1.13. The monoisotopic (exact) mass is 328 g/mol. The van der Waals surface area contributed by atoms with Crippen LogP contribution in [-0.4, -0.2) is 22.4 Å². The van der Waals surface area contributed by atoms with Crippen LogP contribution in [0.3, 0.4) is 0 Å². The Hall–Kier alpha value is -2.47. The number of primary amides is 1. The fourth-order valence-corrected chi connectivity index (χ4v) is 2.17. The van der Waals surface area contributed by atoms with Crippen molar-refractivity contribution in [2.75, 3.05) is 6.54 Å². The first kappa shape index (κ1) is 17.9. The molecule has 0 aliphatic rings. The maximum absolute atomic E-state index is 11.0. The Labute approximate surface area is 142 Å².